The lowest BCUT2D eigenvalue weighted by Crippen LogP contribution is -2.43. The number of hydrogen-bond donors (Lipinski definition) is 1. The second-order valence-electron chi connectivity index (χ2n) is 7.77. The largest absolute Gasteiger partial charge is 0.360 e. The normalized spacial score (nSPS) is 19.6. The van der Waals surface area contributed by atoms with Gasteiger partial charge in [-0.1, -0.05) is 5.16 Å². The summed E-state index contributed by atoms with van der Waals surface area (Å²) in [7, 11) is -2.44. The highest BCUT2D eigenvalue weighted by molar-refractivity contribution is 7.89. The maximum Gasteiger partial charge on any atom is 0.261 e. The molecule has 31 heavy (non-hydrogen) atoms. The molecule has 3 heterocycles. The first-order valence-corrected chi connectivity index (χ1v) is 11.3. The van der Waals surface area contributed by atoms with Crippen LogP contribution < -0.4 is 5.32 Å². The summed E-state index contributed by atoms with van der Waals surface area (Å²) in [4.78, 5) is 38.1. The summed E-state index contributed by atoms with van der Waals surface area (Å²) in [5.41, 5.74) is 1.19. The Bertz CT molecular complexity index is 1180. The lowest BCUT2D eigenvalue weighted by atomic mass is 9.98. The quantitative estimate of drug-likeness (QED) is 0.705. The summed E-state index contributed by atoms with van der Waals surface area (Å²) in [6.45, 7) is 3.44. The zero-order valence-corrected chi connectivity index (χ0v) is 18.2. The smallest absolute Gasteiger partial charge is 0.261 e. The van der Waals surface area contributed by atoms with Crippen molar-refractivity contribution in [3.8, 4) is 0 Å². The zero-order chi connectivity index (χ0) is 22.5. The van der Waals surface area contributed by atoms with Crippen LogP contribution >= 0.6 is 0 Å². The van der Waals surface area contributed by atoms with Crippen LogP contribution in [0.1, 0.15) is 45.0 Å². The number of carbonyl (C=O) groups excluding carboxylic acids is 3. The van der Waals surface area contributed by atoms with Crippen molar-refractivity contribution in [1.29, 1.82) is 0 Å². The molecule has 1 fully saturated rings. The third-order valence-electron chi connectivity index (χ3n) is 5.68. The number of sulfonamides is 1. The van der Waals surface area contributed by atoms with E-state index >= 15 is 0 Å². The fraction of sp³-hybridized carbons (Fsp3) is 0.400. The molecule has 1 aromatic heterocycles. The third kappa shape index (κ3) is 3.53. The highest BCUT2D eigenvalue weighted by atomic mass is 32.2. The Hall–Kier alpha value is -3.05. The average molecular weight is 446 g/mol. The number of benzene rings is 1. The van der Waals surface area contributed by atoms with Crippen LogP contribution in [0.3, 0.4) is 0 Å². The van der Waals surface area contributed by atoms with Gasteiger partial charge in [0.15, 0.2) is 5.76 Å². The molecule has 11 heteroatoms. The van der Waals surface area contributed by atoms with E-state index in [9.17, 15) is 22.8 Å². The molecule has 3 amide bonds. The Morgan fingerprint density at radius 3 is 2.58 bits per heavy atom. The van der Waals surface area contributed by atoms with Crippen molar-refractivity contribution in [2.24, 2.45) is 5.92 Å². The molecule has 0 bridgehead atoms. The number of carbonyl (C=O) groups is 3. The first kappa shape index (κ1) is 21.2. The molecule has 1 atom stereocenters. The molecule has 0 aliphatic carbocycles. The molecule has 10 nitrogen and oxygen atoms in total. The molecule has 1 aromatic carbocycles. The maximum absolute atomic E-state index is 13.1. The molecule has 2 aliphatic heterocycles. The van der Waals surface area contributed by atoms with Crippen molar-refractivity contribution in [2.75, 3.05) is 25.5 Å². The SMILES string of the molecule is Cc1noc(C)c1S(=O)(=O)N1CCCC(C(=O)Nc2ccc3c(c2)C(=O)N(C)C3=O)C1. The van der Waals surface area contributed by atoms with Crippen LogP contribution in [-0.4, -0.2) is 60.6 Å². The van der Waals surface area contributed by atoms with Crippen LogP contribution in [0.4, 0.5) is 5.69 Å². The van der Waals surface area contributed by atoms with Crippen LogP contribution in [-0.2, 0) is 14.8 Å². The van der Waals surface area contributed by atoms with Gasteiger partial charge in [-0.15, -0.1) is 0 Å². The van der Waals surface area contributed by atoms with Crippen LogP contribution in [0, 0.1) is 19.8 Å². The average Bonchev–Trinajstić information content (AvgIpc) is 3.20. The van der Waals surface area contributed by atoms with E-state index in [0.29, 0.717) is 30.6 Å². The molecular formula is C20H22N4O6S. The third-order valence-corrected chi connectivity index (χ3v) is 7.79. The first-order chi connectivity index (χ1) is 14.6. The Kier molecular flexibility index (Phi) is 5.18. The summed E-state index contributed by atoms with van der Waals surface area (Å²) >= 11 is 0. The van der Waals surface area contributed by atoms with E-state index in [1.807, 2.05) is 0 Å². The van der Waals surface area contributed by atoms with E-state index in [1.54, 1.807) is 19.9 Å². The van der Waals surface area contributed by atoms with Gasteiger partial charge in [-0.2, -0.15) is 4.31 Å². The lowest BCUT2D eigenvalue weighted by Gasteiger charge is -2.31. The number of hydrogen-bond acceptors (Lipinski definition) is 7. The first-order valence-electron chi connectivity index (χ1n) is 9.81. The number of anilines is 1. The number of nitrogens with zero attached hydrogens (tertiary/aromatic N) is 3. The second-order valence-corrected chi connectivity index (χ2v) is 9.65. The van der Waals surface area contributed by atoms with Crippen molar-refractivity contribution in [3.05, 3.63) is 40.8 Å². The van der Waals surface area contributed by atoms with E-state index in [2.05, 4.69) is 10.5 Å². The van der Waals surface area contributed by atoms with Gasteiger partial charge < -0.3 is 9.84 Å². The van der Waals surface area contributed by atoms with Crippen LogP contribution in [0.15, 0.2) is 27.6 Å². The predicted molar refractivity (Wildman–Crippen MR) is 109 cm³/mol. The van der Waals surface area contributed by atoms with E-state index in [1.165, 1.54) is 23.5 Å². The number of amides is 3. The van der Waals surface area contributed by atoms with Gasteiger partial charge in [-0.05, 0) is 44.9 Å². The molecule has 2 aromatic rings. The second kappa shape index (κ2) is 7.57. The summed E-state index contributed by atoms with van der Waals surface area (Å²) in [6, 6.07) is 4.53. The Labute approximate surface area is 179 Å². The van der Waals surface area contributed by atoms with Gasteiger partial charge in [0.05, 0.1) is 17.0 Å². The topological polar surface area (TPSA) is 130 Å². The monoisotopic (exact) mass is 446 g/mol. The highest BCUT2D eigenvalue weighted by Gasteiger charge is 2.37. The minimum Gasteiger partial charge on any atom is -0.360 e. The van der Waals surface area contributed by atoms with Crippen molar-refractivity contribution >= 4 is 33.4 Å². The molecular weight excluding hydrogens is 424 g/mol. The number of imide groups is 1. The van der Waals surface area contributed by atoms with Gasteiger partial charge in [0.1, 0.15) is 10.6 Å². The number of aromatic nitrogens is 1. The van der Waals surface area contributed by atoms with Gasteiger partial charge in [0, 0.05) is 25.8 Å². The van der Waals surface area contributed by atoms with Crippen LogP contribution in [0.5, 0.6) is 0 Å². The molecule has 1 saturated heterocycles. The summed E-state index contributed by atoms with van der Waals surface area (Å²) in [5, 5.41) is 6.47. The molecule has 4 rings (SSSR count). The van der Waals surface area contributed by atoms with Gasteiger partial charge >= 0.3 is 0 Å². The van der Waals surface area contributed by atoms with Gasteiger partial charge in [0.2, 0.25) is 15.9 Å². The van der Waals surface area contributed by atoms with Gasteiger partial charge in [0.25, 0.3) is 11.8 Å². The summed E-state index contributed by atoms with van der Waals surface area (Å²) < 4.78 is 32.4. The number of nitrogens with one attached hydrogen (secondary N) is 1. The minimum atomic E-state index is -3.84. The van der Waals surface area contributed by atoms with Crippen molar-refractivity contribution in [3.63, 3.8) is 0 Å². The maximum atomic E-state index is 13.1. The van der Waals surface area contributed by atoms with Crippen LogP contribution in [0.2, 0.25) is 0 Å². The van der Waals surface area contributed by atoms with Gasteiger partial charge in [-0.25, -0.2) is 8.42 Å². The molecule has 1 unspecified atom stereocenters. The summed E-state index contributed by atoms with van der Waals surface area (Å²) in [6.07, 6.45) is 1.06. The zero-order valence-electron chi connectivity index (χ0n) is 17.3. The molecule has 1 N–H and O–H groups in total. The molecule has 0 spiro atoms. The molecule has 0 radical (unpaired) electrons. The van der Waals surface area contributed by atoms with E-state index in [0.717, 1.165) is 4.90 Å². The van der Waals surface area contributed by atoms with E-state index in [-0.39, 0.29) is 40.3 Å². The standard InChI is InChI=1S/C20H22N4O6S/c1-11-17(12(2)30-22-11)31(28,29)24-8-4-5-13(10-24)18(25)21-14-6-7-15-16(9-14)20(27)23(3)19(15)26/h6-7,9,13H,4-5,8,10H2,1-3H3,(H,21,25). The number of rotatable bonds is 4. The molecule has 2 aliphatic rings. The van der Waals surface area contributed by atoms with Crippen molar-refractivity contribution in [1.82, 2.24) is 14.4 Å². The lowest BCUT2D eigenvalue weighted by molar-refractivity contribution is -0.120. The Balaban J connectivity index is 1.50. The Morgan fingerprint density at radius 2 is 1.90 bits per heavy atom. The van der Waals surface area contributed by atoms with E-state index in [4.69, 9.17) is 4.52 Å². The fourth-order valence-corrected chi connectivity index (χ4v) is 5.85. The fourth-order valence-electron chi connectivity index (χ4n) is 4.03. The molecule has 164 valence electrons. The molecule has 0 saturated carbocycles. The van der Waals surface area contributed by atoms with Crippen molar-refractivity contribution < 1.29 is 27.3 Å². The number of fused-ring (bicyclic) bond motifs is 1. The number of piperidine rings is 1. The summed E-state index contributed by atoms with van der Waals surface area (Å²) in [5.74, 6) is -1.50. The van der Waals surface area contributed by atoms with Crippen molar-refractivity contribution in [2.45, 2.75) is 31.6 Å². The highest BCUT2D eigenvalue weighted by Crippen LogP contribution is 2.29. The number of aryl methyl sites for hydroxylation is 2. The van der Waals surface area contributed by atoms with E-state index < -0.39 is 21.8 Å². The van der Waals surface area contributed by atoms with Gasteiger partial charge in [-0.3, -0.25) is 19.3 Å². The van der Waals surface area contributed by atoms with Crippen LogP contribution in [0.25, 0.3) is 0 Å². The Morgan fingerprint density at radius 1 is 1.19 bits per heavy atom. The predicted octanol–water partition coefficient (Wildman–Crippen LogP) is 1.56. The minimum absolute atomic E-state index is 0.0311.